The van der Waals surface area contributed by atoms with Gasteiger partial charge in [0.25, 0.3) is 11.8 Å². The summed E-state index contributed by atoms with van der Waals surface area (Å²) in [7, 11) is 0. The number of anilines is 1. The molecule has 1 atom stereocenters. The second kappa shape index (κ2) is 8.69. The van der Waals surface area contributed by atoms with E-state index in [2.05, 4.69) is 6.58 Å². The summed E-state index contributed by atoms with van der Waals surface area (Å²) in [6.45, 7) is 4.81. The van der Waals surface area contributed by atoms with Gasteiger partial charge in [0.2, 0.25) is 5.91 Å². The quantitative estimate of drug-likeness (QED) is 0.316. The lowest BCUT2D eigenvalue weighted by Gasteiger charge is -2.26. The maximum atomic E-state index is 14.1. The van der Waals surface area contributed by atoms with Crippen molar-refractivity contribution < 1.29 is 28.3 Å². The molecule has 0 aromatic heterocycles. The number of ether oxygens (including phenoxy) is 1. The highest BCUT2D eigenvalue weighted by molar-refractivity contribution is 6.23. The Labute approximate surface area is 172 Å². The van der Waals surface area contributed by atoms with Crippen LogP contribution in [-0.2, 0) is 14.4 Å². The van der Waals surface area contributed by atoms with Crippen molar-refractivity contribution in [3.05, 3.63) is 72.6 Å². The third-order valence-electron chi connectivity index (χ3n) is 4.55. The first-order chi connectivity index (χ1) is 14.3. The number of imide groups is 1. The minimum absolute atomic E-state index is 0.0317. The molecule has 154 valence electrons. The summed E-state index contributed by atoms with van der Waals surface area (Å²) in [6, 6.07) is 10.2. The minimum Gasteiger partial charge on any atom is -0.427 e. The Hall–Kier alpha value is -3.81. The van der Waals surface area contributed by atoms with E-state index >= 15 is 0 Å². The molecule has 1 saturated heterocycles. The van der Waals surface area contributed by atoms with Crippen LogP contribution < -0.4 is 9.64 Å². The molecular formula is C22H19FN2O5. The van der Waals surface area contributed by atoms with Gasteiger partial charge in [0.15, 0.2) is 0 Å². The molecule has 1 aliphatic heterocycles. The second-order valence-electron chi connectivity index (χ2n) is 6.60. The highest BCUT2D eigenvalue weighted by Gasteiger charge is 2.44. The molecule has 1 unspecified atom stereocenters. The molecule has 8 heteroatoms. The molecule has 0 aliphatic carbocycles. The number of nitrogens with zero attached hydrogens (tertiary/aromatic N) is 2. The van der Waals surface area contributed by atoms with Crippen molar-refractivity contribution in [2.24, 2.45) is 0 Å². The summed E-state index contributed by atoms with van der Waals surface area (Å²) < 4.78 is 19.0. The number of amides is 3. The van der Waals surface area contributed by atoms with E-state index in [0.29, 0.717) is 0 Å². The van der Waals surface area contributed by atoms with Crippen LogP contribution in [0.25, 0.3) is 0 Å². The molecule has 1 fully saturated rings. The fourth-order valence-electron chi connectivity index (χ4n) is 3.24. The SMILES string of the molecule is C=CCN(C(=O)c1ccccc1F)C1CC(=O)N(c2ccc(OC(C)=O)cc2)C1=O. The number of esters is 1. The fourth-order valence-corrected chi connectivity index (χ4v) is 3.24. The van der Waals surface area contributed by atoms with Crippen LogP contribution in [0, 0.1) is 5.82 Å². The van der Waals surface area contributed by atoms with Gasteiger partial charge in [-0.1, -0.05) is 18.2 Å². The van der Waals surface area contributed by atoms with Gasteiger partial charge in [-0.3, -0.25) is 19.2 Å². The third kappa shape index (κ3) is 4.12. The van der Waals surface area contributed by atoms with Gasteiger partial charge in [-0.2, -0.15) is 0 Å². The highest BCUT2D eigenvalue weighted by Crippen LogP contribution is 2.28. The van der Waals surface area contributed by atoms with Crippen molar-refractivity contribution in [1.29, 1.82) is 0 Å². The summed E-state index contributed by atoms with van der Waals surface area (Å²) in [6.07, 6.45) is 1.17. The number of rotatable bonds is 6. The van der Waals surface area contributed by atoms with E-state index in [4.69, 9.17) is 4.74 Å². The van der Waals surface area contributed by atoms with Gasteiger partial charge in [0.1, 0.15) is 17.6 Å². The lowest BCUT2D eigenvalue weighted by Crippen LogP contribution is -2.45. The Morgan fingerprint density at radius 3 is 2.47 bits per heavy atom. The van der Waals surface area contributed by atoms with Gasteiger partial charge in [0.05, 0.1) is 17.7 Å². The number of halogens is 1. The van der Waals surface area contributed by atoms with E-state index < -0.39 is 35.5 Å². The molecule has 0 spiro atoms. The number of hydrogen-bond donors (Lipinski definition) is 0. The molecule has 0 saturated carbocycles. The van der Waals surface area contributed by atoms with Crippen molar-refractivity contribution in [1.82, 2.24) is 4.90 Å². The number of benzene rings is 2. The Kier molecular flexibility index (Phi) is 6.06. The zero-order chi connectivity index (χ0) is 21.8. The van der Waals surface area contributed by atoms with Crippen LogP contribution in [0.4, 0.5) is 10.1 Å². The van der Waals surface area contributed by atoms with E-state index in [1.165, 1.54) is 55.5 Å². The number of hydrogen-bond acceptors (Lipinski definition) is 5. The molecule has 1 heterocycles. The first-order valence-corrected chi connectivity index (χ1v) is 9.15. The largest absolute Gasteiger partial charge is 0.427 e. The van der Waals surface area contributed by atoms with E-state index in [-0.39, 0.29) is 30.0 Å². The van der Waals surface area contributed by atoms with Crippen LogP contribution in [0.1, 0.15) is 23.7 Å². The number of carbonyl (C=O) groups is 4. The highest BCUT2D eigenvalue weighted by atomic mass is 19.1. The van der Waals surface area contributed by atoms with Gasteiger partial charge in [0, 0.05) is 13.5 Å². The molecule has 2 aromatic carbocycles. The van der Waals surface area contributed by atoms with E-state index in [1.807, 2.05) is 0 Å². The monoisotopic (exact) mass is 410 g/mol. The lowest BCUT2D eigenvalue weighted by molar-refractivity contribution is -0.132. The van der Waals surface area contributed by atoms with Crippen molar-refractivity contribution in [3.63, 3.8) is 0 Å². The molecule has 7 nitrogen and oxygen atoms in total. The van der Waals surface area contributed by atoms with Gasteiger partial charge < -0.3 is 9.64 Å². The Morgan fingerprint density at radius 1 is 1.20 bits per heavy atom. The molecular weight excluding hydrogens is 391 g/mol. The van der Waals surface area contributed by atoms with Crippen molar-refractivity contribution in [3.8, 4) is 5.75 Å². The van der Waals surface area contributed by atoms with Gasteiger partial charge in [-0.15, -0.1) is 6.58 Å². The van der Waals surface area contributed by atoms with Crippen LogP contribution in [0.5, 0.6) is 5.75 Å². The van der Waals surface area contributed by atoms with Crippen molar-refractivity contribution >= 4 is 29.4 Å². The minimum atomic E-state index is -1.09. The first kappa shape index (κ1) is 20.9. The van der Waals surface area contributed by atoms with Crippen molar-refractivity contribution in [2.45, 2.75) is 19.4 Å². The predicted molar refractivity (Wildman–Crippen MR) is 106 cm³/mol. The van der Waals surface area contributed by atoms with E-state index in [0.717, 1.165) is 15.9 Å². The predicted octanol–water partition coefficient (Wildman–Crippen LogP) is 2.71. The zero-order valence-corrected chi connectivity index (χ0v) is 16.2. The maximum Gasteiger partial charge on any atom is 0.308 e. The Morgan fingerprint density at radius 2 is 1.87 bits per heavy atom. The van der Waals surface area contributed by atoms with Crippen LogP contribution in [0.15, 0.2) is 61.2 Å². The van der Waals surface area contributed by atoms with Crippen molar-refractivity contribution in [2.75, 3.05) is 11.4 Å². The Bertz CT molecular complexity index is 1020. The molecule has 1 aliphatic rings. The zero-order valence-electron chi connectivity index (χ0n) is 16.2. The standard InChI is InChI=1S/C22H19FN2O5/c1-3-12-24(21(28)17-6-4-5-7-18(17)23)19-13-20(27)25(22(19)29)15-8-10-16(11-9-15)30-14(2)26/h3-11,19H,1,12-13H2,2H3. The summed E-state index contributed by atoms with van der Waals surface area (Å²) in [4.78, 5) is 51.6. The van der Waals surface area contributed by atoms with Crippen LogP contribution in [-0.4, -0.2) is 41.2 Å². The molecule has 0 N–H and O–H groups in total. The molecule has 0 bridgehead atoms. The second-order valence-corrected chi connectivity index (χ2v) is 6.60. The fraction of sp³-hybridized carbons (Fsp3) is 0.182. The lowest BCUT2D eigenvalue weighted by atomic mass is 10.1. The molecule has 30 heavy (non-hydrogen) atoms. The van der Waals surface area contributed by atoms with Crippen LogP contribution in [0.2, 0.25) is 0 Å². The molecule has 0 radical (unpaired) electrons. The van der Waals surface area contributed by atoms with Gasteiger partial charge in [-0.05, 0) is 36.4 Å². The summed E-state index contributed by atoms with van der Waals surface area (Å²) in [5.74, 6) is -2.75. The van der Waals surface area contributed by atoms with Crippen LogP contribution in [0.3, 0.4) is 0 Å². The van der Waals surface area contributed by atoms with Crippen LogP contribution >= 0.6 is 0 Å². The van der Waals surface area contributed by atoms with E-state index in [1.54, 1.807) is 0 Å². The van der Waals surface area contributed by atoms with Gasteiger partial charge >= 0.3 is 5.97 Å². The van der Waals surface area contributed by atoms with Gasteiger partial charge in [-0.25, -0.2) is 9.29 Å². The molecule has 3 amide bonds. The third-order valence-corrected chi connectivity index (χ3v) is 4.55. The number of carbonyl (C=O) groups excluding carboxylic acids is 4. The molecule has 3 rings (SSSR count). The summed E-state index contributed by atoms with van der Waals surface area (Å²) in [5.41, 5.74) is 0.0871. The first-order valence-electron chi connectivity index (χ1n) is 9.15. The smallest absolute Gasteiger partial charge is 0.308 e. The van der Waals surface area contributed by atoms with E-state index in [9.17, 15) is 23.6 Å². The summed E-state index contributed by atoms with van der Waals surface area (Å²) in [5, 5.41) is 0. The topological polar surface area (TPSA) is 84.0 Å². The molecule has 2 aromatic rings. The normalized spacial score (nSPS) is 15.8. The summed E-state index contributed by atoms with van der Waals surface area (Å²) >= 11 is 0. The maximum absolute atomic E-state index is 14.1. The average Bonchev–Trinajstić information content (AvgIpc) is 3.00. The Balaban J connectivity index is 1.87. The average molecular weight is 410 g/mol.